The van der Waals surface area contributed by atoms with Crippen LogP contribution in [0.2, 0.25) is 0 Å². The van der Waals surface area contributed by atoms with Crippen molar-refractivity contribution in [3.05, 3.63) is 66.6 Å². The van der Waals surface area contributed by atoms with Gasteiger partial charge in [-0.1, -0.05) is 30.3 Å². The van der Waals surface area contributed by atoms with Crippen molar-refractivity contribution < 1.29 is 14.1 Å². The molecule has 1 atom stereocenters. The monoisotopic (exact) mass is 381 g/mol. The molecule has 2 aromatic carbocycles. The number of carbonyl (C=O) groups excluding carboxylic acids is 1. The topological polar surface area (TPSA) is 46.7 Å². The van der Waals surface area contributed by atoms with Crippen molar-refractivity contribution in [2.24, 2.45) is 0 Å². The molecule has 0 saturated carbocycles. The Bertz CT molecular complexity index is 888. The van der Waals surface area contributed by atoms with Gasteiger partial charge in [0.05, 0.1) is 31.7 Å². The predicted molar refractivity (Wildman–Crippen MR) is 109 cm³/mol. The minimum atomic E-state index is 0.0725. The number of hydrogen-bond acceptors (Lipinski definition) is 3. The van der Waals surface area contributed by atoms with Crippen LogP contribution in [0.4, 0.5) is 0 Å². The number of hydrogen-bond donors (Lipinski definition) is 2. The number of amides is 1. The summed E-state index contributed by atoms with van der Waals surface area (Å²) in [7, 11) is 0. The van der Waals surface area contributed by atoms with E-state index < -0.39 is 0 Å². The first-order valence-corrected chi connectivity index (χ1v) is 10.5. The Hall–Kier alpha value is -2.24. The Balaban J connectivity index is 1.32. The first-order chi connectivity index (χ1) is 13.3. The molecule has 1 aliphatic rings. The van der Waals surface area contributed by atoms with Gasteiger partial charge in [-0.3, -0.25) is 4.79 Å². The predicted octanol–water partition coefficient (Wildman–Crippen LogP) is 3.06. The number of carbonyl (C=O) groups is 1. The summed E-state index contributed by atoms with van der Waals surface area (Å²) in [6, 6.07) is 18.8. The molecule has 1 aliphatic heterocycles. The van der Waals surface area contributed by atoms with E-state index in [9.17, 15) is 4.79 Å². The third-order valence-corrected chi connectivity index (χ3v) is 6.21. The highest BCUT2D eigenvalue weighted by molar-refractivity contribution is 8.00. The smallest absolute Gasteiger partial charge is 0.230 e. The number of furan rings is 1. The van der Waals surface area contributed by atoms with E-state index in [0.29, 0.717) is 12.3 Å². The summed E-state index contributed by atoms with van der Waals surface area (Å²) < 4.78 is 5.63. The molecular weight excluding hydrogens is 356 g/mol. The second-order valence-corrected chi connectivity index (χ2v) is 8.08. The zero-order valence-corrected chi connectivity index (χ0v) is 16.1. The molecule has 1 fully saturated rings. The van der Waals surface area contributed by atoms with Gasteiger partial charge in [-0.15, -0.1) is 11.8 Å². The molecular formula is C22H25N2O2S+. The molecule has 1 aromatic heterocycles. The minimum absolute atomic E-state index is 0.0725. The maximum atomic E-state index is 12.4. The van der Waals surface area contributed by atoms with Crippen LogP contribution in [0.5, 0.6) is 0 Å². The van der Waals surface area contributed by atoms with Gasteiger partial charge in [0, 0.05) is 17.7 Å². The van der Waals surface area contributed by atoms with Crippen LogP contribution in [0.1, 0.15) is 24.6 Å². The molecule has 2 heterocycles. The fourth-order valence-electron chi connectivity index (χ4n) is 3.79. The van der Waals surface area contributed by atoms with Crippen molar-refractivity contribution in [3.8, 4) is 0 Å². The molecule has 3 aromatic rings. The number of fused-ring (bicyclic) bond motifs is 1. The SMILES string of the molecule is O=C(CSc1ccc2ccccc2c1)NC[C@H](c1ccco1)[NH+]1CCCC1. The summed E-state index contributed by atoms with van der Waals surface area (Å²) in [5.41, 5.74) is 0. The summed E-state index contributed by atoms with van der Waals surface area (Å²) in [4.78, 5) is 15.0. The van der Waals surface area contributed by atoms with E-state index in [4.69, 9.17) is 4.42 Å². The number of rotatable bonds is 7. The normalized spacial score (nSPS) is 15.9. The molecule has 1 amide bonds. The van der Waals surface area contributed by atoms with Crippen LogP contribution in [-0.2, 0) is 4.79 Å². The summed E-state index contributed by atoms with van der Waals surface area (Å²) in [6.07, 6.45) is 4.21. The van der Waals surface area contributed by atoms with E-state index in [-0.39, 0.29) is 11.9 Å². The van der Waals surface area contributed by atoms with E-state index in [1.54, 1.807) is 18.0 Å². The van der Waals surface area contributed by atoms with Gasteiger partial charge in [0.1, 0.15) is 0 Å². The van der Waals surface area contributed by atoms with Gasteiger partial charge in [-0.05, 0) is 35.0 Å². The Kier molecular flexibility index (Phi) is 5.80. The molecule has 4 rings (SSSR count). The molecule has 0 spiro atoms. The average molecular weight is 382 g/mol. The molecule has 5 heteroatoms. The molecule has 0 aliphatic carbocycles. The number of quaternary nitrogens is 1. The standard InChI is InChI=1S/C22H24N2O2S/c25-22(16-27-19-10-9-17-6-1-2-7-18(17)14-19)23-15-20(21-8-5-13-26-21)24-11-3-4-12-24/h1-2,5-10,13-14,20H,3-4,11-12,15-16H2,(H,23,25)/p+1/t20-/m1/s1. The highest BCUT2D eigenvalue weighted by atomic mass is 32.2. The minimum Gasteiger partial charge on any atom is -0.463 e. The van der Waals surface area contributed by atoms with Gasteiger partial charge >= 0.3 is 0 Å². The highest BCUT2D eigenvalue weighted by Gasteiger charge is 2.29. The Morgan fingerprint density at radius 1 is 1.07 bits per heavy atom. The highest BCUT2D eigenvalue weighted by Crippen LogP contribution is 2.23. The van der Waals surface area contributed by atoms with Gasteiger partial charge in [-0.25, -0.2) is 0 Å². The molecule has 0 unspecified atom stereocenters. The van der Waals surface area contributed by atoms with Crippen molar-refractivity contribution in [3.63, 3.8) is 0 Å². The van der Waals surface area contributed by atoms with Crippen molar-refractivity contribution >= 4 is 28.4 Å². The van der Waals surface area contributed by atoms with Crippen molar-refractivity contribution in [1.29, 1.82) is 0 Å². The first-order valence-electron chi connectivity index (χ1n) is 9.56. The Labute approximate surface area is 163 Å². The second-order valence-electron chi connectivity index (χ2n) is 7.04. The lowest BCUT2D eigenvalue weighted by Gasteiger charge is -2.23. The summed E-state index contributed by atoms with van der Waals surface area (Å²) in [5.74, 6) is 1.47. The number of likely N-dealkylation sites (tertiary alicyclic amines) is 1. The van der Waals surface area contributed by atoms with Crippen LogP contribution in [0.15, 0.2) is 70.2 Å². The van der Waals surface area contributed by atoms with Crippen LogP contribution in [0.25, 0.3) is 10.8 Å². The lowest BCUT2D eigenvalue weighted by atomic mass is 10.1. The molecule has 1 saturated heterocycles. The van der Waals surface area contributed by atoms with Gasteiger partial charge in [0.2, 0.25) is 5.91 Å². The fraction of sp³-hybridized carbons (Fsp3) is 0.318. The Morgan fingerprint density at radius 2 is 1.89 bits per heavy atom. The van der Waals surface area contributed by atoms with Crippen LogP contribution >= 0.6 is 11.8 Å². The molecule has 0 bridgehead atoms. The molecule has 0 radical (unpaired) electrons. The van der Waals surface area contributed by atoms with Crippen molar-refractivity contribution in [1.82, 2.24) is 5.32 Å². The van der Waals surface area contributed by atoms with Crippen LogP contribution in [0.3, 0.4) is 0 Å². The van der Waals surface area contributed by atoms with E-state index in [0.717, 1.165) is 23.7 Å². The number of nitrogens with one attached hydrogen (secondary N) is 2. The lowest BCUT2D eigenvalue weighted by molar-refractivity contribution is -0.919. The Morgan fingerprint density at radius 3 is 2.67 bits per heavy atom. The van der Waals surface area contributed by atoms with Crippen LogP contribution in [0, 0.1) is 0 Å². The third-order valence-electron chi connectivity index (χ3n) is 5.22. The maximum Gasteiger partial charge on any atom is 0.230 e. The summed E-state index contributed by atoms with van der Waals surface area (Å²) in [6.45, 7) is 2.92. The van der Waals surface area contributed by atoms with E-state index in [2.05, 4.69) is 35.6 Å². The van der Waals surface area contributed by atoms with E-state index in [1.807, 2.05) is 24.3 Å². The van der Waals surface area contributed by atoms with Gasteiger partial charge in [0.25, 0.3) is 0 Å². The van der Waals surface area contributed by atoms with Crippen LogP contribution in [-0.4, -0.2) is 31.3 Å². The second kappa shape index (κ2) is 8.63. The average Bonchev–Trinajstić information content (AvgIpc) is 3.41. The van der Waals surface area contributed by atoms with Gasteiger partial charge < -0.3 is 14.6 Å². The zero-order valence-electron chi connectivity index (χ0n) is 15.3. The van der Waals surface area contributed by atoms with Crippen molar-refractivity contribution in [2.45, 2.75) is 23.8 Å². The van der Waals surface area contributed by atoms with Crippen LogP contribution < -0.4 is 10.2 Å². The zero-order chi connectivity index (χ0) is 18.5. The summed E-state index contributed by atoms with van der Waals surface area (Å²) >= 11 is 1.58. The fourth-order valence-corrected chi connectivity index (χ4v) is 4.56. The summed E-state index contributed by atoms with van der Waals surface area (Å²) in [5, 5.41) is 5.54. The van der Waals surface area contributed by atoms with Gasteiger partial charge in [0.15, 0.2) is 11.8 Å². The van der Waals surface area contributed by atoms with E-state index >= 15 is 0 Å². The number of benzene rings is 2. The molecule has 2 N–H and O–H groups in total. The van der Waals surface area contributed by atoms with E-state index in [1.165, 1.54) is 28.5 Å². The quantitative estimate of drug-likeness (QED) is 0.619. The maximum absolute atomic E-state index is 12.4. The third kappa shape index (κ3) is 4.54. The molecule has 27 heavy (non-hydrogen) atoms. The number of thioether (sulfide) groups is 1. The first kappa shape index (κ1) is 18.1. The largest absolute Gasteiger partial charge is 0.463 e. The van der Waals surface area contributed by atoms with Gasteiger partial charge in [-0.2, -0.15) is 0 Å². The lowest BCUT2D eigenvalue weighted by Crippen LogP contribution is -3.11. The molecule has 4 nitrogen and oxygen atoms in total. The molecule has 140 valence electrons. The van der Waals surface area contributed by atoms with Crippen molar-refractivity contribution in [2.75, 3.05) is 25.4 Å².